The number of carboxylic acid groups (broad SMARTS) is 1. The van der Waals surface area contributed by atoms with E-state index in [1.165, 1.54) is 6.92 Å². The molecule has 0 heterocycles. The zero-order valence-electron chi connectivity index (χ0n) is 6.98. The van der Waals surface area contributed by atoms with Crippen molar-refractivity contribution in [1.29, 1.82) is 0 Å². The van der Waals surface area contributed by atoms with Crippen LogP contribution in [0.25, 0.3) is 0 Å². The molecule has 0 unspecified atom stereocenters. The zero-order valence-corrected chi connectivity index (χ0v) is 6.98. The largest absolute Gasteiger partial charge is 0.480 e. The minimum atomic E-state index is -4.35. The number of aliphatic carboxylic acids is 1. The van der Waals surface area contributed by atoms with Gasteiger partial charge in [-0.2, -0.15) is 13.2 Å². The van der Waals surface area contributed by atoms with Crippen molar-refractivity contribution >= 4 is 5.97 Å². The molecule has 1 atom stereocenters. The van der Waals surface area contributed by atoms with Gasteiger partial charge in [-0.05, 0) is 19.8 Å². The molecule has 2 N–H and O–H groups in total. The summed E-state index contributed by atoms with van der Waals surface area (Å²) in [6, 6.07) is -1.16. The zero-order chi connectivity index (χ0) is 10.3. The molecule has 1 fully saturated rings. The van der Waals surface area contributed by atoms with Gasteiger partial charge in [0.15, 0.2) is 0 Å². The molecule has 76 valence electrons. The van der Waals surface area contributed by atoms with E-state index >= 15 is 0 Å². The first-order chi connectivity index (χ1) is 5.78. The van der Waals surface area contributed by atoms with E-state index in [9.17, 15) is 18.0 Å². The van der Waals surface area contributed by atoms with Gasteiger partial charge in [-0.25, -0.2) is 0 Å². The number of halogens is 3. The van der Waals surface area contributed by atoms with Crippen LogP contribution in [0, 0.1) is 0 Å². The summed E-state index contributed by atoms with van der Waals surface area (Å²) in [6.45, 7) is 1.20. The predicted molar refractivity (Wildman–Crippen MR) is 38.3 cm³/mol. The number of hydrogen-bond donors (Lipinski definition) is 2. The summed E-state index contributed by atoms with van der Waals surface area (Å²) in [4.78, 5) is 10.3. The molecule has 0 radical (unpaired) electrons. The Morgan fingerprint density at radius 2 is 2.00 bits per heavy atom. The molecule has 1 aliphatic carbocycles. The fourth-order valence-corrected chi connectivity index (χ4v) is 1.11. The summed E-state index contributed by atoms with van der Waals surface area (Å²) in [5.74, 6) is -1.27. The number of alkyl halides is 3. The third-order valence-electron chi connectivity index (χ3n) is 2.16. The van der Waals surface area contributed by atoms with Crippen molar-refractivity contribution in [3.63, 3.8) is 0 Å². The Labute approximate surface area is 72.9 Å². The molecule has 1 aliphatic rings. The Bertz CT molecular complexity index is 222. The summed E-state index contributed by atoms with van der Waals surface area (Å²) in [7, 11) is 0. The van der Waals surface area contributed by atoms with Gasteiger partial charge in [0.2, 0.25) is 0 Å². The molecule has 0 aliphatic heterocycles. The van der Waals surface area contributed by atoms with Crippen molar-refractivity contribution in [1.82, 2.24) is 5.32 Å². The molecule has 0 amide bonds. The second-order valence-corrected chi connectivity index (χ2v) is 3.28. The lowest BCUT2D eigenvalue weighted by molar-refractivity contribution is -0.170. The lowest BCUT2D eigenvalue weighted by Gasteiger charge is -2.22. The maximum absolute atomic E-state index is 12.3. The molecule has 6 heteroatoms. The molecule has 13 heavy (non-hydrogen) atoms. The van der Waals surface area contributed by atoms with Crippen molar-refractivity contribution in [3.8, 4) is 0 Å². The first-order valence-electron chi connectivity index (χ1n) is 3.86. The number of carboxylic acids is 1. The van der Waals surface area contributed by atoms with Crippen molar-refractivity contribution in [3.05, 3.63) is 0 Å². The first-order valence-corrected chi connectivity index (χ1v) is 3.86. The highest BCUT2D eigenvalue weighted by Crippen LogP contribution is 2.49. The molecule has 0 spiro atoms. The normalized spacial score (nSPS) is 22.5. The first kappa shape index (κ1) is 10.3. The van der Waals surface area contributed by atoms with Crippen LogP contribution in [0.3, 0.4) is 0 Å². The fourth-order valence-electron chi connectivity index (χ4n) is 1.11. The van der Waals surface area contributed by atoms with Crippen molar-refractivity contribution in [2.45, 2.75) is 37.5 Å². The minimum absolute atomic E-state index is 0.0336. The average molecular weight is 197 g/mol. The molecule has 0 aromatic rings. The minimum Gasteiger partial charge on any atom is -0.480 e. The summed E-state index contributed by atoms with van der Waals surface area (Å²) in [6.07, 6.45) is -4.42. The lowest BCUT2D eigenvalue weighted by atomic mass is 10.2. The van der Waals surface area contributed by atoms with Gasteiger partial charge in [0, 0.05) is 0 Å². The smallest absolute Gasteiger partial charge is 0.406 e. The molecule has 0 saturated heterocycles. The van der Waals surface area contributed by atoms with Gasteiger partial charge in [0.25, 0.3) is 0 Å². The van der Waals surface area contributed by atoms with Gasteiger partial charge < -0.3 is 5.11 Å². The van der Waals surface area contributed by atoms with Crippen molar-refractivity contribution < 1.29 is 23.1 Å². The summed E-state index contributed by atoms with van der Waals surface area (Å²) < 4.78 is 36.8. The lowest BCUT2D eigenvalue weighted by Crippen LogP contribution is -2.51. The number of hydrogen-bond acceptors (Lipinski definition) is 2. The third-order valence-corrected chi connectivity index (χ3v) is 2.16. The van der Waals surface area contributed by atoms with E-state index in [0.29, 0.717) is 0 Å². The van der Waals surface area contributed by atoms with Crippen molar-refractivity contribution in [2.24, 2.45) is 0 Å². The molecular formula is C7H10F3NO2. The highest BCUT2D eigenvalue weighted by Gasteiger charge is 2.63. The van der Waals surface area contributed by atoms with Crippen LogP contribution >= 0.6 is 0 Å². The molecule has 0 bridgehead atoms. The van der Waals surface area contributed by atoms with Gasteiger partial charge in [0.05, 0.1) is 0 Å². The van der Waals surface area contributed by atoms with Crippen LogP contribution in [0.1, 0.15) is 19.8 Å². The second kappa shape index (κ2) is 2.87. The van der Waals surface area contributed by atoms with Crippen LogP contribution in [0.5, 0.6) is 0 Å². The highest BCUT2D eigenvalue weighted by molar-refractivity contribution is 5.73. The van der Waals surface area contributed by atoms with Gasteiger partial charge >= 0.3 is 12.1 Å². The Morgan fingerprint density at radius 1 is 1.54 bits per heavy atom. The number of rotatable bonds is 3. The predicted octanol–water partition coefficient (Wildman–Crippen LogP) is 1.14. The van der Waals surface area contributed by atoms with Crippen LogP contribution in [0.2, 0.25) is 0 Å². The van der Waals surface area contributed by atoms with Crippen LogP contribution in [0.15, 0.2) is 0 Å². The monoisotopic (exact) mass is 197 g/mol. The molecule has 0 aromatic carbocycles. The van der Waals surface area contributed by atoms with Crippen LogP contribution in [-0.4, -0.2) is 28.8 Å². The van der Waals surface area contributed by atoms with Gasteiger partial charge in [-0.15, -0.1) is 0 Å². The van der Waals surface area contributed by atoms with E-state index in [0.717, 1.165) is 0 Å². The summed E-state index contributed by atoms with van der Waals surface area (Å²) in [5, 5.41) is 10.5. The van der Waals surface area contributed by atoms with Crippen LogP contribution in [-0.2, 0) is 4.79 Å². The van der Waals surface area contributed by atoms with E-state index in [4.69, 9.17) is 5.11 Å². The van der Waals surface area contributed by atoms with E-state index in [2.05, 4.69) is 5.32 Å². The maximum Gasteiger partial charge on any atom is 0.406 e. The quantitative estimate of drug-likeness (QED) is 0.713. The van der Waals surface area contributed by atoms with Crippen LogP contribution < -0.4 is 5.32 Å². The second-order valence-electron chi connectivity index (χ2n) is 3.28. The average Bonchev–Trinajstić information content (AvgIpc) is 2.66. The van der Waals surface area contributed by atoms with E-state index in [-0.39, 0.29) is 12.8 Å². The summed E-state index contributed by atoms with van der Waals surface area (Å²) in [5.41, 5.74) is -1.94. The Morgan fingerprint density at radius 3 is 2.23 bits per heavy atom. The third kappa shape index (κ3) is 1.93. The van der Waals surface area contributed by atoms with E-state index in [1.54, 1.807) is 0 Å². The molecule has 1 rings (SSSR count). The van der Waals surface area contributed by atoms with Gasteiger partial charge in [0.1, 0.15) is 11.6 Å². The maximum atomic E-state index is 12.3. The van der Waals surface area contributed by atoms with Gasteiger partial charge in [-0.1, -0.05) is 0 Å². The van der Waals surface area contributed by atoms with E-state index in [1.807, 2.05) is 0 Å². The topological polar surface area (TPSA) is 49.3 Å². The van der Waals surface area contributed by atoms with Crippen molar-refractivity contribution in [2.75, 3.05) is 0 Å². The number of carbonyl (C=O) groups is 1. The molecule has 1 saturated carbocycles. The van der Waals surface area contributed by atoms with Crippen LogP contribution in [0.4, 0.5) is 13.2 Å². The SMILES string of the molecule is C[C@H](NC1(C(F)(F)F)CC1)C(=O)O. The van der Waals surface area contributed by atoms with E-state index < -0.39 is 23.7 Å². The Hall–Kier alpha value is -0.780. The standard InChI is InChI=1S/C7H10F3NO2/c1-4(5(12)13)11-6(2-3-6)7(8,9)10/h4,11H,2-3H2,1H3,(H,12,13)/t4-/m0/s1. The summed E-state index contributed by atoms with van der Waals surface area (Å²) >= 11 is 0. The number of nitrogens with one attached hydrogen (secondary N) is 1. The molecule has 3 nitrogen and oxygen atoms in total. The Balaban J connectivity index is 2.59. The fraction of sp³-hybridized carbons (Fsp3) is 0.857. The molecule has 0 aromatic heterocycles. The van der Waals surface area contributed by atoms with Gasteiger partial charge in [-0.3, -0.25) is 10.1 Å². The highest BCUT2D eigenvalue weighted by atomic mass is 19.4. The molecular weight excluding hydrogens is 187 g/mol. The Kier molecular flexibility index (Phi) is 2.27.